The number of carbonyl (C=O) groups is 1. The molecule has 0 aliphatic carbocycles. The van der Waals surface area contributed by atoms with Gasteiger partial charge in [0.1, 0.15) is 48.8 Å². The minimum Gasteiger partial charge on any atom is -0.394 e. The van der Waals surface area contributed by atoms with E-state index in [0.717, 1.165) is 89.9 Å². The van der Waals surface area contributed by atoms with Crippen LogP contribution in [-0.4, -0.2) is 140 Å². The lowest BCUT2D eigenvalue weighted by Crippen LogP contribution is -2.65. The first kappa shape index (κ1) is 74.2. The Morgan fingerprint density at radius 2 is 0.854 bits per heavy atom. The molecule has 2 saturated heterocycles. The number of carbonyl (C=O) groups excluding carboxylic acids is 1. The summed E-state index contributed by atoms with van der Waals surface area (Å²) in [6, 6.07) is -0.973. The first-order chi connectivity index (χ1) is 40.1. The molecule has 2 heterocycles. The number of allylic oxidation sites excluding steroid dienone is 21. The summed E-state index contributed by atoms with van der Waals surface area (Å²) >= 11 is 0. The second kappa shape index (κ2) is 51.5. The molecule has 0 spiro atoms. The minimum absolute atomic E-state index is 0.205. The Kier molecular flexibility index (Phi) is 46.7. The van der Waals surface area contributed by atoms with E-state index in [9.17, 15) is 45.6 Å². The summed E-state index contributed by atoms with van der Waals surface area (Å²) in [6.45, 7) is 2.61. The molecule has 0 saturated carbocycles. The smallest absolute Gasteiger partial charge is 0.220 e. The predicted octanol–water partition coefficient (Wildman–Crippen LogP) is 11.6. The number of aliphatic hydroxyl groups is 8. The quantitative estimate of drug-likeness (QED) is 0.0204. The summed E-state index contributed by atoms with van der Waals surface area (Å²) < 4.78 is 22.7. The topological polar surface area (TPSA) is 228 Å². The zero-order valence-corrected chi connectivity index (χ0v) is 50.2. The molecule has 466 valence electrons. The zero-order chi connectivity index (χ0) is 59.5. The molecule has 0 aromatic carbocycles. The van der Waals surface area contributed by atoms with E-state index in [-0.39, 0.29) is 18.9 Å². The van der Waals surface area contributed by atoms with E-state index in [2.05, 4.69) is 141 Å². The largest absolute Gasteiger partial charge is 0.394 e. The maximum Gasteiger partial charge on any atom is 0.220 e. The fourth-order valence-electron chi connectivity index (χ4n) is 9.28. The lowest BCUT2D eigenvalue weighted by atomic mass is 9.97. The standard InChI is InChI=1S/C68H111NO13/c1-3-5-7-9-11-13-15-17-19-21-23-25-26-27-28-29-30-32-34-36-38-40-42-44-46-48-50-52-60(73)69-56(57(72)51-49-47-45-43-41-39-37-35-33-31-24-22-20-18-16-14-12-10-8-6-4-2)55-79-67-65(78)63(76)66(59(54-71)81-67)82-68-64(77)62(75)61(74)58(53-70)80-68/h5,7,11,13,17,19,23,25,27-28,30,32-33,35-36,38,41-44,49,51,56-59,61-68,70-72,74-78H,3-4,6,8-10,12,14-16,18,20-22,24,26,29,31,34,37,39-40,45-48,50,52-55H2,1-2H3,(H,69,73)/b7-5-,13-11-,19-17-,25-23-,28-27-,32-30-,35-33+,38-36-,43-41+,44-42-,51-49+. The monoisotopic (exact) mass is 1150 g/mol. The van der Waals surface area contributed by atoms with E-state index < -0.39 is 86.8 Å². The number of hydrogen-bond acceptors (Lipinski definition) is 13. The van der Waals surface area contributed by atoms with Gasteiger partial charge in [-0.2, -0.15) is 0 Å². The molecule has 14 nitrogen and oxygen atoms in total. The van der Waals surface area contributed by atoms with E-state index in [1.165, 1.54) is 70.6 Å². The molecule has 2 rings (SSSR count). The summed E-state index contributed by atoms with van der Waals surface area (Å²) in [4.78, 5) is 13.3. The molecule has 14 heteroatoms. The molecule has 1 amide bonds. The third-order valence-electron chi connectivity index (χ3n) is 14.3. The van der Waals surface area contributed by atoms with Crippen LogP contribution in [0.1, 0.15) is 194 Å². The summed E-state index contributed by atoms with van der Waals surface area (Å²) in [5, 5.41) is 87.1. The maximum atomic E-state index is 13.3. The molecule has 82 heavy (non-hydrogen) atoms. The minimum atomic E-state index is -1.80. The van der Waals surface area contributed by atoms with Crippen molar-refractivity contribution in [2.45, 2.75) is 267 Å². The van der Waals surface area contributed by atoms with Crippen LogP contribution >= 0.6 is 0 Å². The van der Waals surface area contributed by atoms with Gasteiger partial charge in [-0.05, 0) is 109 Å². The fraction of sp³-hybridized carbons (Fsp3) is 0.662. The number of rotatable bonds is 48. The molecular formula is C68H111NO13. The van der Waals surface area contributed by atoms with Crippen LogP contribution in [0.25, 0.3) is 0 Å². The highest BCUT2D eigenvalue weighted by Gasteiger charge is 2.51. The molecule has 2 aliphatic heterocycles. The molecule has 12 unspecified atom stereocenters. The van der Waals surface area contributed by atoms with Crippen LogP contribution in [0.2, 0.25) is 0 Å². The van der Waals surface area contributed by atoms with Crippen molar-refractivity contribution in [1.29, 1.82) is 0 Å². The SMILES string of the molecule is CC/C=C\C/C=C\C/C=C\C/C=C\C/C=C\C/C=C\C/C=C\C/C=C\CCCCC(=O)NC(COC1OC(CO)C(OC2OC(CO)C(O)C(O)C2O)C(O)C1O)C(O)/C=C/CC/C=C/CC/C=C/CCCCCCCCCCCCC. The van der Waals surface area contributed by atoms with Crippen LogP contribution in [0.4, 0.5) is 0 Å². The highest BCUT2D eigenvalue weighted by atomic mass is 16.7. The van der Waals surface area contributed by atoms with Crippen LogP contribution in [-0.2, 0) is 23.7 Å². The van der Waals surface area contributed by atoms with E-state index in [1.54, 1.807) is 6.08 Å². The van der Waals surface area contributed by atoms with Crippen LogP contribution in [0.3, 0.4) is 0 Å². The molecule has 12 atom stereocenters. The molecular weight excluding hydrogens is 1040 g/mol. The van der Waals surface area contributed by atoms with Gasteiger partial charge in [-0.1, -0.05) is 212 Å². The Labute approximate surface area is 494 Å². The third kappa shape index (κ3) is 36.1. The highest BCUT2D eigenvalue weighted by Crippen LogP contribution is 2.30. The van der Waals surface area contributed by atoms with Crippen molar-refractivity contribution in [3.63, 3.8) is 0 Å². The summed E-state index contributed by atoms with van der Waals surface area (Å²) in [6.07, 6.45) is 59.2. The Balaban J connectivity index is 1.80. The maximum absolute atomic E-state index is 13.3. The summed E-state index contributed by atoms with van der Waals surface area (Å²) in [5.74, 6) is -0.301. The number of nitrogens with one attached hydrogen (secondary N) is 1. The second-order valence-electron chi connectivity index (χ2n) is 21.4. The molecule has 0 bridgehead atoms. The first-order valence-corrected chi connectivity index (χ1v) is 31.4. The van der Waals surface area contributed by atoms with Crippen molar-refractivity contribution in [3.05, 3.63) is 134 Å². The van der Waals surface area contributed by atoms with Gasteiger partial charge in [0, 0.05) is 6.42 Å². The van der Waals surface area contributed by atoms with Gasteiger partial charge in [0.15, 0.2) is 12.6 Å². The number of unbranched alkanes of at least 4 members (excludes halogenated alkanes) is 15. The van der Waals surface area contributed by atoms with Crippen molar-refractivity contribution >= 4 is 5.91 Å². The predicted molar refractivity (Wildman–Crippen MR) is 331 cm³/mol. The normalized spacial score (nSPS) is 24.9. The Morgan fingerprint density at radius 1 is 0.451 bits per heavy atom. The Hall–Kier alpha value is -3.87. The lowest BCUT2D eigenvalue weighted by Gasteiger charge is -2.46. The number of aliphatic hydroxyl groups excluding tert-OH is 8. The van der Waals surface area contributed by atoms with Gasteiger partial charge >= 0.3 is 0 Å². The Morgan fingerprint density at radius 3 is 1.34 bits per heavy atom. The van der Waals surface area contributed by atoms with Crippen molar-refractivity contribution in [2.75, 3.05) is 19.8 Å². The van der Waals surface area contributed by atoms with Gasteiger partial charge in [0.25, 0.3) is 0 Å². The molecule has 9 N–H and O–H groups in total. The van der Waals surface area contributed by atoms with Gasteiger partial charge in [0.05, 0.1) is 32.0 Å². The average Bonchev–Trinajstić information content (AvgIpc) is 3.67. The van der Waals surface area contributed by atoms with Crippen molar-refractivity contribution in [3.8, 4) is 0 Å². The van der Waals surface area contributed by atoms with Gasteiger partial charge in [-0.25, -0.2) is 0 Å². The first-order valence-electron chi connectivity index (χ1n) is 31.4. The van der Waals surface area contributed by atoms with E-state index in [4.69, 9.17) is 18.9 Å². The van der Waals surface area contributed by atoms with E-state index in [0.29, 0.717) is 12.8 Å². The molecule has 2 fully saturated rings. The van der Waals surface area contributed by atoms with E-state index >= 15 is 0 Å². The molecule has 2 aliphatic rings. The van der Waals surface area contributed by atoms with Gasteiger partial charge in [-0.15, -0.1) is 0 Å². The molecule has 0 radical (unpaired) electrons. The number of ether oxygens (including phenoxy) is 4. The van der Waals surface area contributed by atoms with Gasteiger partial charge in [0.2, 0.25) is 5.91 Å². The van der Waals surface area contributed by atoms with E-state index in [1.807, 2.05) is 6.08 Å². The van der Waals surface area contributed by atoms with Crippen LogP contribution < -0.4 is 5.32 Å². The van der Waals surface area contributed by atoms with Crippen LogP contribution in [0.15, 0.2) is 134 Å². The zero-order valence-electron chi connectivity index (χ0n) is 50.2. The van der Waals surface area contributed by atoms with Crippen molar-refractivity contribution < 1.29 is 64.6 Å². The lowest BCUT2D eigenvalue weighted by molar-refractivity contribution is -0.359. The number of hydrogen-bond donors (Lipinski definition) is 9. The van der Waals surface area contributed by atoms with Crippen LogP contribution in [0, 0.1) is 0 Å². The van der Waals surface area contributed by atoms with Crippen LogP contribution in [0.5, 0.6) is 0 Å². The van der Waals surface area contributed by atoms with Crippen molar-refractivity contribution in [1.82, 2.24) is 5.32 Å². The number of amides is 1. The second-order valence-corrected chi connectivity index (χ2v) is 21.4. The average molecular weight is 1150 g/mol. The molecule has 0 aromatic heterocycles. The fourth-order valence-corrected chi connectivity index (χ4v) is 9.28. The van der Waals surface area contributed by atoms with Crippen molar-refractivity contribution in [2.24, 2.45) is 0 Å². The summed E-state index contributed by atoms with van der Waals surface area (Å²) in [5.41, 5.74) is 0. The highest BCUT2D eigenvalue weighted by molar-refractivity contribution is 5.76. The molecule has 0 aromatic rings. The third-order valence-corrected chi connectivity index (χ3v) is 14.3. The van der Waals surface area contributed by atoms with Gasteiger partial charge < -0.3 is 65.1 Å². The van der Waals surface area contributed by atoms with Gasteiger partial charge in [-0.3, -0.25) is 4.79 Å². The Bertz CT molecular complexity index is 1880. The summed E-state index contributed by atoms with van der Waals surface area (Å²) in [7, 11) is 0.